The van der Waals surface area contributed by atoms with Crippen LogP contribution in [-0.4, -0.2) is 38.5 Å². The van der Waals surface area contributed by atoms with Crippen molar-refractivity contribution < 1.29 is 19.4 Å². The number of halogens is 1. The smallest absolute Gasteiger partial charge is 0.161 e. The molecule has 1 aromatic carbocycles. The third-order valence-corrected chi connectivity index (χ3v) is 10.0. The highest BCUT2D eigenvalue weighted by atomic mass is 19.1. The van der Waals surface area contributed by atoms with Gasteiger partial charge < -0.3 is 10.2 Å². The van der Waals surface area contributed by atoms with Crippen LogP contribution in [0.25, 0.3) is 11.8 Å². The molecular weight excluding hydrogens is 431 g/mol. The number of Topliss-reactive ketones (excluding diaryl/α,β-unsaturated/α-hetero) is 1. The van der Waals surface area contributed by atoms with E-state index in [1.807, 2.05) is 10.9 Å². The van der Waals surface area contributed by atoms with Gasteiger partial charge in [0.1, 0.15) is 12.4 Å². The number of aromatic nitrogens is 2. The van der Waals surface area contributed by atoms with Crippen molar-refractivity contribution in [3.05, 3.63) is 53.1 Å². The predicted octanol–water partition coefficient (Wildman–Crippen LogP) is 4.34. The molecule has 0 saturated heterocycles. The fourth-order valence-corrected chi connectivity index (χ4v) is 8.61. The van der Waals surface area contributed by atoms with Crippen LogP contribution in [0.1, 0.15) is 57.2 Å². The Morgan fingerprint density at radius 3 is 2.71 bits per heavy atom. The van der Waals surface area contributed by atoms with Crippen molar-refractivity contribution in [3.8, 4) is 5.69 Å². The normalized spacial score (nSPS) is 38.4. The average Bonchev–Trinajstić information content (AvgIpc) is 3.36. The molecule has 34 heavy (non-hydrogen) atoms. The monoisotopic (exact) mass is 464 g/mol. The minimum Gasteiger partial charge on any atom is -0.393 e. The quantitative estimate of drug-likeness (QED) is 0.709. The molecule has 2 N–H and O–H groups in total. The lowest BCUT2D eigenvalue weighted by Crippen LogP contribution is -2.57. The number of ketones is 1. The van der Waals surface area contributed by atoms with Crippen molar-refractivity contribution in [2.45, 2.75) is 58.5 Å². The summed E-state index contributed by atoms with van der Waals surface area (Å²) in [4.78, 5) is 12.5. The lowest BCUT2D eigenvalue weighted by atomic mass is 9.46. The van der Waals surface area contributed by atoms with Crippen LogP contribution in [0.15, 0.2) is 36.0 Å². The van der Waals surface area contributed by atoms with Crippen molar-refractivity contribution in [1.29, 1.82) is 0 Å². The SMILES string of the molecule is CC12Cc3cnn(-c4ccc(F)cc4)c3C=C1CCC1C2C(O)CC2(C)C(C(=O)CO)CCC12. The minimum atomic E-state index is -0.472. The first-order chi connectivity index (χ1) is 16.3. The van der Waals surface area contributed by atoms with E-state index in [9.17, 15) is 19.4 Å². The number of aliphatic hydroxyl groups is 2. The Morgan fingerprint density at radius 2 is 1.97 bits per heavy atom. The number of nitrogens with zero attached hydrogens (tertiary/aromatic N) is 2. The third-order valence-electron chi connectivity index (χ3n) is 10.0. The van der Waals surface area contributed by atoms with E-state index in [0.29, 0.717) is 18.3 Å². The van der Waals surface area contributed by atoms with Gasteiger partial charge in [-0.05, 0) is 103 Å². The molecule has 7 atom stereocenters. The molecule has 180 valence electrons. The van der Waals surface area contributed by atoms with Gasteiger partial charge in [-0.15, -0.1) is 0 Å². The molecule has 5 nitrogen and oxygen atoms in total. The summed E-state index contributed by atoms with van der Waals surface area (Å²) in [5, 5.41) is 25.8. The topological polar surface area (TPSA) is 75.3 Å². The van der Waals surface area contributed by atoms with Gasteiger partial charge in [-0.2, -0.15) is 5.10 Å². The zero-order chi connectivity index (χ0) is 23.8. The molecule has 6 heteroatoms. The molecular formula is C28H33FN2O3. The molecule has 0 radical (unpaired) electrons. The van der Waals surface area contributed by atoms with Gasteiger partial charge in [-0.25, -0.2) is 9.07 Å². The van der Waals surface area contributed by atoms with Crippen LogP contribution < -0.4 is 0 Å². The van der Waals surface area contributed by atoms with Crippen LogP contribution in [0.4, 0.5) is 4.39 Å². The lowest BCUT2D eigenvalue weighted by Gasteiger charge is -2.59. The molecule has 2 aromatic rings. The molecule has 0 bridgehead atoms. The van der Waals surface area contributed by atoms with Gasteiger partial charge in [0, 0.05) is 5.92 Å². The first-order valence-corrected chi connectivity index (χ1v) is 12.6. The maximum Gasteiger partial charge on any atom is 0.161 e. The molecule has 6 rings (SSSR count). The van der Waals surface area contributed by atoms with Crippen LogP contribution >= 0.6 is 0 Å². The Kier molecular flexibility index (Phi) is 4.95. The second-order valence-electron chi connectivity index (χ2n) is 11.6. The first kappa shape index (κ1) is 22.2. The molecule has 3 fully saturated rings. The standard InChI is InChI=1S/C28H33FN2O3/c1-27-12-16-14-30-31(19-6-4-18(29)5-7-19)23(16)11-17(27)3-8-20-21-9-10-22(25(34)15-32)28(21,2)13-24(33)26(20)27/h4-7,11,14,20-22,24,26,32-33H,3,8-10,12-13,15H2,1-2H3. The molecule has 0 spiro atoms. The van der Waals surface area contributed by atoms with Crippen LogP contribution in [0.5, 0.6) is 0 Å². The minimum absolute atomic E-state index is 0.0613. The largest absolute Gasteiger partial charge is 0.393 e. The van der Waals surface area contributed by atoms with Crippen molar-refractivity contribution in [3.63, 3.8) is 0 Å². The number of hydrogen-bond donors (Lipinski definition) is 2. The van der Waals surface area contributed by atoms with Gasteiger partial charge in [-0.3, -0.25) is 4.79 Å². The van der Waals surface area contributed by atoms with Gasteiger partial charge in [-0.1, -0.05) is 19.4 Å². The summed E-state index contributed by atoms with van der Waals surface area (Å²) in [5.74, 6) is 0.464. The number of fused-ring (bicyclic) bond motifs is 6. The zero-order valence-electron chi connectivity index (χ0n) is 19.9. The molecule has 4 aliphatic rings. The maximum absolute atomic E-state index is 13.4. The molecule has 0 aliphatic heterocycles. The summed E-state index contributed by atoms with van der Waals surface area (Å²) < 4.78 is 15.3. The fourth-order valence-electron chi connectivity index (χ4n) is 8.61. The van der Waals surface area contributed by atoms with E-state index in [1.165, 1.54) is 17.7 Å². The highest BCUT2D eigenvalue weighted by Crippen LogP contribution is 2.66. The molecule has 7 unspecified atom stereocenters. The molecule has 1 aromatic heterocycles. The Balaban J connectivity index is 1.35. The van der Waals surface area contributed by atoms with Crippen molar-refractivity contribution in [2.75, 3.05) is 6.61 Å². The number of hydrogen-bond acceptors (Lipinski definition) is 4. The molecule has 0 amide bonds. The van der Waals surface area contributed by atoms with Gasteiger partial charge in [0.05, 0.1) is 23.7 Å². The van der Waals surface area contributed by atoms with Gasteiger partial charge in [0.2, 0.25) is 0 Å². The third kappa shape index (κ3) is 2.97. The summed E-state index contributed by atoms with van der Waals surface area (Å²) in [7, 11) is 0. The Hall–Kier alpha value is -2.31. The molecule has 1 heterocycles. The maximum atomic E-state index is 13.4. The lowest BCUT2D eigenvalue weighted by molar-refractivity contribution is -0.144. The van der Waals surface area contributed by atoms with Crippen LogP contribution in [0.3, 0.4) is 0 Å². The predicted molar refractivity (Wildman–Crippen MR) is 127 cm³/mol. The van der Waals surface area contributed by atoms with E-state index >= 15 is 0 Å². The van der Waals surface area contributed by atoms with Gasteiger partial charge in [0.15, 0.2) is 5.78 Å². The number of carbonyl (C=O) groups is 1. The van der Waals surface area contributed by atoms with E-state index in [4.69, 9.17) is 0 Å². The summed E-state index contributed by atoms with van der Waals surface area (Å²) >= 11 is 0. The summed E-state index contributed by atoms with van der Waals surface area (Å²) in [6.07, 6.45) is 8.99. The number of allylic oxidation sites excluding steroid dienone is 1. The Labute approximate surface area is 199 Å². The summed E-state index contributed by atoms with van der Waals surface area (Å²) in [5.41, 5.74) is 4.06. The number of rotatable bonds is 3. The second kappa shape index (κ2) is 7.59. The van der Waals surface area contributed by atoms with E-state index in [0.717, 1.165) is 49.0 Å². The summed E-state index contributed by atoms with van der Waals surface area (Å²) in [6.45, 7) is 4.09. The first-order valence-electron chi connectivity index (χ1n) is 12.6. The van der Waals surface area contributed by atoms with E-state index in [2.05, 4.69) is 25.0 Å². The van der Waals surface area contributed by atoms with Crippen LogP contribution in [0.2, 0.25) is 0 Å². The van der Waals surface area contributed by atoms with Crippen LogP contribution in [0, 0.1) is 40.3 Å². The van der Waals surface area contributed by atoms with Gasteiger partial charge in [0.25, 0.3) is 0 Å². The van der Waals surface area contributed by atoms with Gasteiger partial charge >= 0.3 is 0 Å². The highest BCUT2D eigenvalue weighted by Gasteiger charge is 2.63. The number of benzene rings is 1. The second-order valence-corrected chi connectivity index (χ2v) is 11.6. The molecule has 4 aliphatic carbocycles. The average molecular weight is 465 g/mol. The number of carbonyl (C=O) groups excluding carboxylic acids is 1. The Morgan fingerprint density at radius 1 is 1.21 bits per heavy atom. The van der Waals surface area contributed by atoms with Crippen molar-refractivity contribution in [2.24, 2.45) is 34.5 Å². The van der Waals surface area contributed by atoms with E-state index in [-0.39, 0.29) is 34.3 Å². The van der Waals surface area contributed by atoms with Crippen molar-refractivity contribution in [1.82, 2.24) is 9.78 Å². The zero-order valence-corrected chi connectivity index (χ0v) is 19.9. The van der Waals surface area contributed by atoms with Crippen molar-refractivity contribution >= 4 is 11.9 Å². The van der Waals surface area contributed by atoms with E-state index in [1.54, 1.807) is 12.1 Å². The highest BCUT2D eigenvalue weighted by molar-refractivity contribution is 5.83. The Bertz CT molecular complexity index is 1170. The summed E-state index contributed by atoms with van der Waals surface area (Å²) in [6, 6.07) is 6.42. The van der Waals surface area contributed by atoms with E-state index < -0.39 is 12.7 Å². The van der Waals surface area contributed by atoms with Crippen LogP contribution in [-0.2, 0) is 11.2 Å². The fraction of sp³-hybridized carbons (Fsp3) is 0.571. The number of aliphatic hydroxyl groups excluding tert-OH is 2. The molecule has 3 saturated carbocycles.